The number of halogens is 6. The van der Waals surface area contributed by atoms with Gasteiger partial charge in [-0.15, -0.1) is 0 Å². The lowest BCUT2D eigenvalue weighted by Gasteiger charge is -2.27. The molecule has 0 aliphatic heterocycles. The van der Waals surface area contributed by atoms with Gasteiger partial charge in [0, 0.05) is 6.20 Å². The van der Waals surface area contributed by atoms with Crippen LogP contribution in [-0.2, 0) is 22.4 Å². The van der Waals surface area contributed by atoms with Crippen molar-refractivity contribution in [2.45, 2.75) is 43.9 Å². The Morgan fingerprint density at radius 2 is 1.45 bits per heavy atom. The number of hydrogen-bond acceptors (Lipinski definition) is 3. The molecule has 0 amide bonds. The molecule has 0 radical (unpaired) electrons. The SMILES string of the molecule is CC(C)(C)S(=O)(=O)NC(c1ccc(C(F)(F)F)cc1)c1ncccc1C(F)(F)F. The van der Waals surface area contributed by atoms with Crippen LogP contribution in [0.15, 0.2) is 42.6 Å². The summed E-state index contributed by atoms with van der Waals surface area (Å²) in [5.74, 6) is 0. The normalized spacial score (nSPS) is 14.7. The highest BCUT2D eigenvalue weighted by atomic mass is 32.2. The standard InChI is InChI=1S/C18H18F6N2O2S/c1-16(2,3)29(27,28)26-14(11-6-8-12(9-7-11)17(19,20)21)15-13(18(22,23)24)5-4-10-25-15/h4-10,14,26H,1-3H3. The third-order valence-electron chi connectivity index (χ3n) is 4.07. The van der Waals surface area contributed by atoms with Crippen LogP contribution in [-0.4, -0.2) is 18.1 Å². The zero-order chi connectivity index (χ0) is 22.3. The molecular formula is C18H18F6N2O2S. The summed E-state index contributed by atoms with van der Waals surface area (Å²) in [7, 11) is -4.17. The lowest BCUT2D eigenvalue weighted by molar-refractivity contribution is -0.139. The number of nitrogens with zero attached hydrogens (tertiary/aromatic N) is 1. The highest BCUT2D eigenvalue weighted by Gasteiger charge is 2.39. The van der Waals surface area contributed by atoms with E-state index in [0.29, 0.717) is 12.1 Å². The second-order valence-electron chi connectivity index (χ2n) is 7.22. The third kappa shape index (κ3) is 5.27. The number of pyridine rings is 1. The average Bonchev–Trinajstić information content (AvgIpc) is 2.57. The summed E-state index contributed by atoms with van der Waals surface area (Å²) in [5.41, 5.74) is -2.99. The van der Waals surface area contributed by atoms with Gasteiger partial charge in [-0.1, -0.05) is 12.1 Å². The first-order chi connectivity index (χ1) is 13.0. The van der Waals surface area contributed by atoms with Crippen molar-refractivity contribution in [1.29, 1.82) is 0 Å². The van der Waals surface area contributed by atoms with Crippen molar-refractivity contribution in [3.05, 3.63) is 65.0 Å². The maximum Gasteiger partial charge on any atom is 0.418 e. The van der Waals surface area contributed by atoms with Gasteiger partial charge in [-0.3, -0.25) is 4.98 Å². The fourth-order valence-electron chi connectivity index (χ4n) is 2.37. The highest BCUT2D eigenvalue weighted by molar-refractivity contribution is 7.90. The average molecular weight is 440 g/mol. The molecule has 29 heavy (non-hydrogen) atoms. The van der Waals surface area contributed by atoms with E-state index in [1.807, 2.05) is 0 Å². The molecule has 0 spiro atoms. The molecule has 0 bridgehead atoms. The van der Waals surface area contributed by atoms with E-state index in [0.717, 1.165) is 30.5 Å². The van der Waals surface area contributed by atoms with Crippen molar-refractivity contribution in [3.8, 4) is 0 Å². The van der Waals surface area contributed by atoms with E-state index in [-0.39, 0.29) is 5.56 Å². The topological polar surface area (TPSA) is 59.1 Å². The molecule has 1 unspecified atom stereocenters. The highest BCUT2D eigenvalue weighted by Crippen LogP contribution is 2.37. The predicted octanol–water partition coefficient (Wildman–Crippen LogP) is 4.93. The quantitative estimate of drug-likeness (QED) is 0.687. The number of benzene rings is 1. The van der Waals surface area contributed by atoms with E-state index < -0.39 is 50.0 Å². The molecule has 160 valence electrons. The summed E-state index contributed by atoms with van der Waals surface area (Å²) >= 11 is 0. The molecule has 11 heteroatoms. The van der Waals surface area contributed by atoms with E-state index >= 15 is 0 Å². The van der Waals surface area contributed by atoms with Gasteiger partial charge in [0.05, 0.1) is 27.6 Å². The lowest BCUT2D eigenvalue weighted by atomic mass is 9.98. The van der Waals surface area contributed by atoms with Crippen molar-refractivity contribution < 1.29 is 34.8 Å². The van der Waals surface area contributed by atoms with Gasteiger partial charge in [-0.05, 0) is 50.6 Å². The van der Waals surface area contributed by atoms with Crippen LogP contribution in [0.25, 0.3) is 0 Å². The van der Waals surface area contributed by atoms with Gasteiger partial charge in [-0.2, -0.15) is 26.3 Å². The number of alkyl halides is 6. The molecule has 0 aliphatic carbocycles. The fraction of sp³-hybridized carbons (Fsp3) is 0.389. The first kappa shape index (κ1) is 23.1. The molecular weight excluding hydrogens is 422 g/mol. The van der Waals surface area contributed by atoms with Gasteiger partial charge in [0.15, 0.2) is 0 Å². The number of nitrogens with one attached hydrogen (secondary N) is 1. The summed E-state index contributed by atoms with van der Waals surface area (Å²) < 4.78 is 105. The largest absolute Gasteiger partial charge is 0.418 e. The van der Waals surface area contributed by atoms with Crippen LogP contribution in [0.3, 0.4) is 0 Å². The molecule has 2 aromatic rings. The molecule has 1 aromatic heterocycles. The molecule has 1 atom stereocenters. The van der Waals surface area contributed by atoms with E-state index in [4.69, 9.17) is 0 Å². The van der Waals surface area contributed by atoms with Crippen LogP contribution < -0.4 is 4.72 Å². The molecule has 0 aliphatic rings. The smallest absolute Gasteiger partial charge is 0.259 e. The van der Waals surface area contributed by atoms with Gasteiger partial charge < -0.3 is 0 Å². The van der Waals surface area contributed by atoms with Crippen LogP contribution in [0, 0.1) is 0 Å². The summed E-state index contributed by atoms with van der Waals surface area (Å²) in [4.78, 5) is 3.69. The maximum atomic E-state index is 13.4. The number of hydrogen-bond donors (Lipinski definition) is 1. The molecule has 1 aromatic carbocycles. The molecule has 1 heterocycles. The van der Waals surface area contributed by atoms with E-state index in [2.05, 4.69) is 9.71 Å². The first-order valence-electron chi connectivity index (χ1n) is 8.25. The monoisotopic (exact) mass is 440 g/mol. The minimum absolute atomic E-state index is 0.116. The van der Waals surface area contributed by atoms with Crippen molar-refractivity contribution in [1.82, 2.24) is 9.71 Å². The van der Waals surface area contributed by atoms with Crippen molar-refractivity contribution in [3.63, 3.8) is 0 Å². The van der Waals surface area contributed by atoms with Gasteiger partial charge >= 0.3 is 12.4 Å². The summed E-state index contributed by atoms with van der Waals surface area (Å²) in [5, 5.41) is 0. The van der Waals surface area contributed by atoms with Crippen LogP contribution in [0.4, 0.5) is 26.3 Å². The number of sulfonamides is 1. The molecule has 4 nitrogen and oxygen atoms in total. The van der Waals surface area contributed by atoms with E-state index in [1.54, 1.807) is 0 Å². The Bertz CT molecular complexity index is 962. The third-order valence-corrected chi connectivity index (χ3v) is 6.23. The Labute approximate surface area is 164 Å². The maximum absolute atomic E-state index is 13.4. The summed E-state index contributed by atoms with van der Waals surface area (Å²) in [6, 6.07) is 3.31. The minimum atomic E-state index is -4.85. The van der Waals surface area contributed by atoms with Gasteiger partial charge in [0.1, 0.15) is 0 Å². The van der Waals surface area contributed by atoms with Crippen molar-refractivity contribution in [2.75, 3.05) is 0 Å². The second kappa shape index (κ2) is 7.60. The minimum Gasteiger partial charge on any atom is -0.259 e. The second-order valence-corrected chi connectivity index (χ2v) is 9.69. The first-order valence-corrected chi connectivity index (χ1v) is 9.73. The molecule has 0 saturated carbocycles. The zero-order valence-corrected chi connectivity index (χ0v) is 16.4. The zero-order valence-electron chi connectivity index (χ0n) is 15.6. The van der Waals surface area contributed by atoms with Gasteiger partial charge in [0.2, 0.25) is 10.0 Å². The molecule has 2 rings (SSSR count). The summed E-state index contributed by atoms with van der Waals surface area (Å²) in [6.07, 6.45) is -8.45. The van der Waals surface area contributed by atoms with Crippen LogP contribution >= 0.6 is 0 Å². The Morgan fingerprint density at radius 1 is 0.897 bits per heavy atom. The predicted molar refractivity (Wildman–Crippen MR) is 94.3 cm³/mol. The van der Waals surface area contributed by atoms with Crippen LogP contribution in [0.2, 0.25) is 0 Å². The molecule has 0 saturated heterocycles. The summed E-state index contributed by atoms with van der Waals surface area (Å²) in [6.45, 7) is 4.01. The van der Waals surface area contributed by atoms with Gasteiger partial charge in [-0.25, -0.2) is 13.1 Å². The fourth-order valence-corrected chi connectivity index (χ4v) is 3.28. The Kier molecular flexibility index (Phi) is 6.06. The Hall–Kier alpha value is -2.14. The van der Waals surface area contributed by atoms with E-state index in [9.17, 15) is 34.8 Å². The van der Waals surface area contributed by atoms with Crippen molar-refractivity contribution >= 4 is 10.0 Å². The Morgan fingerprint density at radius 3 is 1.90 bits per heavy atom. The van der Waals surface area contributed by atoms with Crippen molar-refractivity contribution in [2.24, 2.45) is 0 Å². The molecule has 0 fully saturated rings. The van der Waals surface area contributed by atoms with E-state index in [1.165, 1.54) is 20.8 Å². The number of aromatic nitrogens is 1. The molecule has 1 N–H and O–H groups in total. The number of rotatable bonds is 4. The Balaban J connectivity index is 2.66. The van der Waals surface area contributed by atoms with Crippen LogP contribution in [0.1, 0.15) is 49.2 Å². The van der Waals surface area contributed by atoms with Gasteiger partial charge in [0.25, 0.3) is 0 Å². The lowest BCUT2D eigenvalue weighted by Crippen LogP contribution is -2.42. The van der Waals surface area contributed by atoms with Crippen LogP contribution in [0.5, 0.6) is 0 Å².